The van der Waals surface area contributed by atoms with E-state index in [1.54, 1.807) is 23.8 Å². The maximum atomic E-state index is 12.2. The lowest BCUT2D eigenvalue weighted by molar-refractivity contribution is -0.116. The molecule has 0 aliphatic heterocycles. The van der Waals surface area contributed by atoms with Gasteiger partial charge >= 0.3 is 5.97 Å². The quantitative estimate of drug-likeness (QED) is 0.752. The Morgan fingerprint density at radius 1 is 1.43 bits per heavy atom. The molecule has 0 unspecified atom stereocenters. The van der Waals surface area contributed by atoms with Gasteiger partial charge in [0.1, 0.15) is 24.0 Å². The molecule has 8 heteroatoms. The Balaban J connectivity index is 2.13. The number of aliphatic hydroxyl groups excluding tert-OH is 1. The molecule has 124 valence electrons. The summed E-state index contributed by atoms with van der Waals surface area (Å²) in [6, 6.07) is 1.74. The van der Waals surface area contributed by atoms with Crippen molar-refractivity contribution >= 4 is 28.2 Å². The van der Waals surface area contributed by atoms with Crippen LogP contribution in [0.3, 0.4) is 0 Å². The number of nitrogens with zero attached hydrogens (tertiary/aromatic N) is 2. The minimum absolute atomic E-state index is 0.0114. The number of carbonyl (C=O) groups is 2. The normalized spacial score (nSPS) is 10.6. The molecule has 2 N–H and O–H groups in total. The zero-order valence-electron chi connectivity index (χ0n) is 13.0. The van der Waals surface area contributed by atoms with Crippen molar-refractivity contribution in [3.63, 3.8) is 0 Å². The van der Waals surface area contributed by atoms with Crippen molar-refractivity contribution in [3.05, 3.63) is 34.7 Å². The lowest BCUT2D eigenvalue weighted by Crippen LogP contribution is -2.20. The summed E-state index contributed by atoms with van der Waals surface area (Å²) in [6.07, 6.45) is 3.90. The molecule has 23 heavy (non-hydrogen) atoms. The summed E-state index contributed by atoms with van der Waals surface area (Å²) in [4.78, 5) is 29.1. The number of ether oxygens (including phenoxy) is 1. The van der Waals surface area contributed by atoms with Crippen LogP contribution in [0, 0.1) is 0 Å². The molecule has 0 atom stereocenters. The average Bonchev–Trinajstić information content (AvgIpc) is 3.13. The number of imidazole rings is 1. The SMILES string of the molecule is CCOC(=O)c1cc(CC)sc1NC(=O)Cn1ccnc1CO. The zero-order valence-corrected chi connectivity index (χ0v) is 13.9. The summed E-state index contributed by atoms with van der Waals surface area (Å²) in [5, 5.41) is 12.4. The van der Waals surface area contributed by atoms with Crippen molar-refractivity contribution in [2.45, 2.75) is 33.4 Å². The molecule has 1 amide bonds. The summed E-state index contributed by atoms with van der Waals surface area (Å²) in [6.45, 7) is 3.76. The fourth-order valence-electron chi connectivity index (χ4n) is 2.03. The molecule has 2 aromatic rings. The molecule has 0 bridgehead atoms. The number of aromatic nitrogens is 2. The maximum Gasteiger partial charge on any atom is 0.341 e. The predicted octanol–water partition coefficient (Wildman–Crippen LogP) is 1.81. The molecule has 7 nitrogen and oxygen atoms in total. The van der Waals surface area contributed by atoms with Crippen molar-refractivity contribution < 1.29 is 19.4 Å². The lowest BCUT2D eigenvalue weighted by Gasteiger charge is -2.08. The first-order valence-electron chi connectivity index (χ1n) is 7.29. The Kier molecular flexibility index (Phi) is 5.89. The molecular formula is C15H19N3O4S. The van der Waals surface area contributed by atoms with E-state index in [-0.39, 0.29) is 25.7 Å². The molecule has 0 aliphatic carbocycles. The van der Waals surface area contributed by atoms with Crippen LogP contribution in [0.15, 0.2) is 18.5 Å². The Morgan fingerprint density at radius 2 is 2.22 bits per heavy atom. The standard InChI is InChI=1S/C15H19N3O4S/c1-3-10-7-11(15(21)22-4-2)14(23-10)17-13(20)8-18-6-5-16-12(18)9-19/h5-7,19H,3-4,8-9H2,1-2H3,(H,17,20). The molecule has 0 aromatic carbocycles. The monoisotopic (exact) mass is 337 g/mol. The topological polar surface area (TPSA) is 93.5 Å². The summed E-state index contributed by atoms with van der Waals surface area (Å²) >= 11 is 1.36. The number of nitrogens with one attached hydrogen (secondary N) is 1. The van der Waals surface area contributed by atoms with E-state index in [0.29, 0.717) is 16.4 Å². The highest BCUT2D eigenvalue weighted by Gasteiger charge is 2.19. The molecule has 0 fully saturated rings. The largest absolute Gasteiger partial charge is 0.462 e. The molecule has 2 rings (SSSR count). The minimum Gasteiger partial charge on any atom is -0.462 e. The second-order valence-corrected chi connectivity index (χ2v) is 5.84. The van der Waals surface area contributed by atoms with Gasteiger partial charge in [-0.15, -0.1) is 11.3 Å². The van der Waals surface area contributed by atoms with Crippen LogP contribution in [0.2, 0.25) is 0 Å². The van der Waals surface area contributed by atoms with Gasteiger partial charge in [-0.25, -0.2) is 9.78 Å². The number of esters is 1. The zero-order chi connectivity index (χ0) is 16.8. The van der Waals surface area contributed by atoms with E-state index < -0.39 is 5.97 Å². The van der Waals surface area contributed by atoms with E-state index in [2.05, 4.69) is 10.3 Å². The second kappa shape index (κ2) is 7.89. The molecule has 0 radical (unpaired) electrons. The van der Waals surface area contributed by atoms with E-state index in [9.17, 15) is 9.59 Å². The van der Waals surface area contributed by atoms with Gasteiger partial charge in [0.2, 0.25) is 5.91 Å². The number of hydrogen-bond donors (Lipinski definition) is 2. The number of amides is 1. The molecular weight excluding hydrogens is 318 g/mol. The van der Waals surface area contributed by atoms with Gasteiger partial charge in [0, 0.05) is 17.3 Å². The highest BCUT2D eigenvalue weighted by molar-refractivity contribution is 7.16. The van der Waals surface area contributed by atoms with Crippen LogP contribution in [-0.2, 0) is 29.1 Å². The van der Waals surface area contributed by atoms with E-state index in [1.165, 1.54) is 17.5 Å². The smallest absolute Gasteiger partial charge is 0.341 e. The van der Waals surface area contributed by atoms with Crippen LogP contribution in [0.25, 0.3) is 0 Å². The fourth-order valence-corrected chi connectivity index (χ4v) is 3.03. The number of carbonyl (C=O) groups excluding carboxylic acids is 2. The molecule has 0 saturated heterocycles. The van der Waals surface area contributed by atoms with Gasteiger partial charge < -0.3 is 19.7 Å². The molecule has 2 heterocycles. The van der Waals surface area contributed by atoms with Crippen molar-refractivity contribution in [2.75, 3.05) is 11.9 Å². The van der Waals surface area contributed by atoms with Crippen LogP contribution in [-0.4, -0.2) is 33.1 Å². The Morgan fingerprint density at radius 3 is 2.87 bits per heavy atom. The number of hydrogen-bond acceptors (Lipinski definition) is 6. The fraction of sp³-hybridized carbons (Fsp3) is 0.400. The number of rotatable bonds is 7. The molecule has 2 aromatic heterocycles. The van der Waals surface area contributed by atoms with E-state index >= 15 is 0 Å². The van der Waals surface area contributed by atoms with Gasteiger partial charge in [-0.2, -0.15) is 0 Å². The Bertz CT molecular complexity index is 693. The highest BCUT2D eigenvalue weighted by Crippen LogP contribution is 2.29. The summed E-state index contributed by atoms with van der Waals surface area (Å²) in [7, 11) is 0. The predicted molar refractivity (Wildman–Crippen MR) is 86.4 cm³/mol. The van der Waals surface area contributed by atoms with Crippen molar-refractivity contribution in [2.24, 2.45) is 0 Å². The lowest BCUT2D eigenvalue weighted by atomic mass is 10.2. The number of aryl methyl sites for hydroxylation is 1. The average molecular weight is 337 g/mol. The Labute approximate surface area is 137 Å². The van der Waals surface area contributed by atoms with E-state index in [1.807, 2.05) is 6.92 Å². The van der Waals surface area contributed by atoms with Gasteiger partial charge in [0.25, 0.3) is 0 Å². The van der Waals surface area contributed by atoms with Crippen LogP contribution < -0.4 is 5.32 Å². The van der Waals surface area contributed by atoms with Crippen LogP contribution in [0.5, 0.6) is 0 Å². The van der Waals surface area contributed by atoms with E-state index in [0.717, 1.165) is 11.3 Å². The third kappa shape index (κ3) is 4.17. The highest BCUT2D eigenvalue weighted by atomic mass is 32.1. The van der Waals surface area contributed by atoms with Crippen molar-refractivity contribution in [1.29, 1.82) is 0 Å². The Hall–Kier alpha value is -2.19. The third-order valence-electron chi connectivity index (χ3n) is 3.14. The van der Waals surface area contributed by atoms with Gasteiger partial charge in [-0.1, -0.05) is 6.92 Å². The van der Waals surface area contributed by atoms with E-state index in [4.69, 9.17) is 9.84 Å². The molecule has 0 spiro atoms. The maximum absolute atomic E-state index is 12.2. The minimum atomic E-state index is -0.447. The summed E-state index contributed by atoms with van der Waals surface area (Å²) < 4.78 is 6.57. The van der Waals surface area contributed by atoms with Crippen LogP contribution in [0.1, 0.15) is 34.9 Å². The molecule has 0 aliphatic rings. The van der Waals surface area contributed by atoms with Crippen molar-refractivity contribution in [3.8, 4) is 0 Å². The van der Waals surface area contributed by atoms with Gasteiger partial charge in [0.15, 0.2) is 0 Å². The van der Waals surface area contributed by atoms with Gasteiger partial charge in [-0.05, 0) is 19.4 Å². The first-order chi connectivity index (χ1) is 11.1. The third-order valence-corrected chi connectivity index (χ3v) is 4.33. The van der Waals surface area contributed by atoms with Gasteiger partial charge in [-0.3, -0.25) is 4.79 Å². The summed E-state index contributed by atoms with van der Waals surface area (Å²) in [5.74, 6) is -0.337. The van der Waals surface area contributed by atoms with Gasteiger partial charge in [0.05, 0.1) is 12.2 Å². The second-order valence-electron chi connectivity index (χ2n) is 4.71. The van der Waals surface area contributed by atoms with Crippen molar-refractivity contribution in [1.82, 2.24) is 9.55 Å². The summed E-state index contributed by atoms with van der Waals surface area (Å²) in [5.41, 5.74) is 0.370. The number of aliphatic hydroxyl groups is 1. The van der Waals surface area contributed by atoms with Crippen LogP contribution >= 0.6 is 11.3 Å². The molecule has 0 saturated carbocycles. The van der Waals surface area contributed by atoms with Crippen LogP contribution in [0.4, 0.5) is 5.00 Å². The first-order valence-corrected chi connectivity index (χ1v) is 8.11. The number of thiophene rings is 1. The first kappa shape index (κ1) is 17.2. The number of anilines is 1.